The topological polar surface area (TPSA) is 36.6 Å². The molecule has 1 heterocycles. The van der Waals surface area contributed by atoms with Gasteiger partial charge in [-0.25, -0.2) is 0 Å². The predicted molar refractivity (Wildman–Crippen MR) is 183 cm³/mol. The van der Waals surface area contributed by atoms with Crippen molar-refractivity contribution in [2.24, 2.45) is 0 Å². The largest absolute Gasteiger partial charge is 0.505 e. The number of aromatic hydroxyl groups is 1. The lowest BCUT2D eigenvalue weighted by atomic mass is 9.97. The smallest absolute Gasteiger partial charge is 0.147 e. The second-order valence-corrected chi connectivity index (χ2v) is 11.2. The van der Waals surface area contributed by atoms with Crippen molar-refractivity contribution in [1.29, 1.82) is 0 Å². The van der Waals surface area contributed by atoms with Crippen LogP contribution in [0, 0.1) is 6.92 Å². The first-order valence-electron chi connectivity index (χ1n) is 14.8. The molecule has 210 valence electrons. The van der Waals surface area contributed by atoms with E-state index >= 15 is 0 Å². The summed E-state index contributed by atoms with van der Waals surface area (Å²) in [6.07, 6.45) is 0. The quantitative estimate of drug-likeness (QED) is 0.225. The molecule has 8 rings (SSSR count). The summed E-state index contributed by atoms with van der Waals surface area (Å²) in [4.78, 5) is 2.10. The van der Waals surface area contributed by atoms with Crippen molar-refractivity contribution < 1.29 is 9.52 Å². The number of hydrogen-bond donors (Lipinski definition) is 1. The molecule has 1 N–H and O–H groups in total. The molecule has 0 aliphatic rings. The molecule has 7 aromatic carbocycles. The molecule has 0 fully saturated rings. The number of hydrogen-bond acceptors (Lipinski definition) is 3. The average Bonchev–Trinajstić information content (AvgIpc) is 3.45. The third-order valence-electron chi connectivity index (χ3n) is 8.43. The van der Waals surface area contributed by atoms with Crippen LogP contribution in [0.4, 0.5) is 17.1 Å². The Morgan fingerprint density at radius 2 is 1.25 bits per heavy atom. The number of para-hydroxylation sites is 1. The van der Waals surface area contributed by atoms with Gasteiger partial charge in [0, 0.05) is 28.1 Å². The van der Waals surface area contributed by atoms with E-state index in [1.54, 1.807) is 0 Å². The molecule has 44 heavy (non-hydrogen) atoms. The number of nitrogens with zero attached hydrogens (tertiary/aromatic N) is 1. The van der Waals surface area contributed by atoms with E-state index in [0.717, 1.165) is 55.6 Å². The normalized spacial score (nSPS) is 11.4. The van der Waals surface area contributed by atoms with Gasteiger partial charge < -0.3 is 14.4 Å². The molecule has 0 spiro atoms. The highest BCUT2D eigenvalue weighted by Crippen LogP contribution is 2.46. The fourth-order valence-corrected chi connectivity index (χ4v) is 6.24. The van der Waals surface area contributed by atoms with E-state index in [-0.39, 0.29) is 5.75 Å². The second-order valence-electron chi connectivity index (χ2n) is 11.2. The summed E-state index contributed by atoms with van der Waals surface area (Å²) in [6, 6.07) is 51.8. The second kappa shape index (κ2) is 10.5. The summed E-state index contributed by atoms with van der Waals surface area (Å²) in [5.74, 6) is 0.217. The van der Waals surface area contributed by atoms with Gasteiger partial charge in [0.2, 0.25) is 0 Å². The predicted octanol–water partition coefficient (Wildman–Crippen LogP) is 11.6. The Morgan fingerprint density at radius 1 is 0.523 bits per heavy atom. The maximum absolute atomic E-state index is 11.9. The van der Waals surface area contributed by atoms with Crippen molar-refractivity contribution in [2.75, 3.05) is 4.90 Å². The van der Waals surface area contributed by atoms with Gasteiger partial charge in [-0.05, 0) is 76.9 Å². The van der Waals surface area contributed by atoms with Crippen molar-refractivity contribution >= 4 is 49.8 Å². The van der Waals surface area contributed by atoms with Crippen LogP contribution in [0.25, 0.3) is 55.0 Å². The van der Waals surface area contributed by atoms with Crippen molar-refractivity contribution in [1.82, 2.24) is 0 Å². The molecule has 0 atom stereocenters. The molecule has 0 bridgehead atoms. The van der Waals surface area contributed by atoms with E-state index in [0.29, 0.717) is 5.69 Å². The van der Waals surface area contributed by atoms with Gasteiger partial charge in [0.05, 0.1) is 11.4 Å². The lowest BCUT2D eigenvalue weighted by Crippen LogP contribution is -2.10. The molecule has 3 heteroatoms. The minimum Gasteiger partial charge on any atom is -0.505 e. The number of phenolic OH excluding ortho intramolecular Hbond substituents is 1. The highest BCUT2D eigenvalue weighted by atomic mass is 16.3. The Morgan fingerprint density at radius 3 is 2.11 bits per heavy atom. The van der Waals surface area contributed by atoms with Gasteiger partial charge >= 0.3 is 0 Å². The number of benzene rings is 7. The molecule has 0 amide bonds. The van der Waals surface area contributed by atoms with Crippen LogP contribution >= 0.6 is 0 Å². The highest BCUT2D eigenvalue weighted by molar-refractivity contribution is 6.19. The number of anilines is 3. The molecular formula is C41H29NO2. The first kappa shape index (κ1) is 25.9. The van der Waals surface area contributed by atoms with Crippen LogP contribution in [0.5, 0.6) is 5.75 Å². The highest BCUT2D eigenvalue weighted by Gasteiger charge is 2.21. The minimum absolute atomic E-state index is 0.217. The Kier molecular flexibility index (Phi) is 6.16. The molecule has 0 unspecified atom stereocenters. The lowest BCUT2D eigenvalue weighted by molar-refractivity contribution is 0.478. The standard InChI is InChI=1S/C41H29NO2/c1-27-17-20-32(21-18-27)42(33-22-23-36-39(26-33)44-38-24-19-29-11-5-6-14-34(29)40(36)38)37-16-8-15-35(41(37)43)31-13-7-12-30(25-31)28-9-3-2-4-10-28/h2-26,43H,1H3. The fraction of sp³-hybridized carbons (Fsp3) is 0.0244. The van der Waals surface area contributed by atoms with Crippen molar-refractivity contribution in [3.05, 3.63) is 157 Å². The van der Waals surface area contributed by atoms with Gasteiger partial charge in [-0.2, -0.15) is 0 Å². The molecule has 0 saturated carbocycles. The van der Waals surface area contributed by atoms with Crippen LogP contribution < -0.4 is 4.90 Å². The number of furan rings is 1. The summed E-state index contributed by atoms with van der Waals surface area (Å²) in [5, 5.41) is 16.5. The lowest BCUT2D eigenvalue weighted by Gasteiger charge is -2.27. The van der Waals surface area contributed by atoms with Crippen molar-refractivity contribution in [2.45, 2.75) is 6.92 Å². The third kappa shape index (κ3) is 4.38. The van der Waals surface area contributed by atoms with Gasteiger partial charge in [0.25, 0.3) is 0 Å². The molecule has 0 radical (unpaired) electrons. The molecule has 8 aromatic rings. The summed E-state index contributed by atoms with van der Waals surface area (Å²) in [6.45, 7) is 2.08. The summed E-state index contributed by atoms with van der Waals surface area (Å²) < 4.78 is 6.43. The van der Waals surface area contributed by atoms with E-state index in [4.69, 9.17) is 4.42 Å². The van der Waals surface area contributed by atoms with Crippen LogP contribution in [0.15, 0.2) is 156 Å². The molecule has 0 aliphatic carbocycles. The molecule has 0 saturated heterocycles. The van der Waals surface area contributed by atoms with E-state index in [1.807, 2.05) is 54.6 Å². The first-order valence-corrected chi connectivity index (χ1v) is 14.8. The Labute approximate surface area is 255 Å². The maximum Gasteiger partial charge on any atom is 0.147 e. The van der Waals surface area contributed by atoms with E-state index in [2.05, 4.69) is 109 Å². The zero-order chi connectivity index (χ0) is 29.6. The van der Waals surface area contributed by atoms with Gasteiger partial charge in [-0.15, -0.1) is 0 Å². The first-order chi connectivity index (χ1) is 21.6. The molecule has 3 nitrogen and oxygen atoms in total. The average molecular weight is 568 g/mol. The van der Waals surface area contributed by atoms with Crippen LogP contribution in [-0.4, -0.2) is 5.11 Å². The van der Waals surface area contributed by atoms with Crippen LogP contribution in [0.1, 0.15) is 5.56 Å². The molecular weight excluding hydrogens is 538 g/mol. The van der Waals surface area contributed by atoms with E-state index in [9.17, 15) is 5.11 Å². The number of fused-ring (bicyclic) bond motifs is 5. The minimum atomic E-state index is 0.217. The number of aryl methyl sites for hydroxylation is 1. The SMILES string of the molecule is Cc1ccc(N(c2ccc3c(c2)oc2ccc4ccccc4c23)c2cccc(-c3cccc(-c4ccccc4)c3)c2O)cc1. The van der Waals surface area contributed by atoms with E-state index in [1.165, 1.54) is 16.3 Å². The van der Waals surface area contributed by atoms with Gasteiger partial charge in [0.1, 0.15) is 16.9 Å². The van der Waals surface area contributed by atoms with Gasteiger partial charge in [0.15, 0.2) is 0 Å². The van der Waals surface area contributed by atoms with Gasteiger partial charge in [-0.1, -0.05) is 109 Å². The zero-order valence-electron chi connectivity index (χ0n) is 24.2. The Hall–Kier alpha value is -5.80. The zero-order valence-corrected chi connectivity index (χ0v) is 24.2. The van der Waals surface area contributed by atoms with Crippen LogP contribution in [0.2, 0.25) is 0 Å². The summed E-state index contributed by atoms with van der Waals surface area (Å²) in [7, 11) is 0. The number of phenols is 1. The van der Waals surface area contributed by atoms with Crippen molar-refractivity contribution in [3.63, 3.8) is 0 Å². The summed E-state index contributed by atoms with van der Waals surface area (Å²) >= 11 is 0. The third-order valence-corrected chi connectivity index (χ3v) is 8.43. The van der Waals surface area contributed by atoms with Gasteiger partial charge in [-0.3, -0.25) is 0 Å². The monoisotopic (exact) mass is 567 g/mol. The summed E-state index contributed by atoms with van der Waals surface area (Å²) in [5.41, 5.74) is 9.34. The van der Waals surface area contributed by atoms with Crippen molar-refractivity contribution in [3.8, 4) is 28.0 Å². The Balaban J connectivity index is 1.30. The van der Waals surface area contributed by atoms with Crippen LogP contribution in [0.3, 0.4) is 0 Å². The molecule has 1 aromatic heterocycles. The van der Waals surface area contributed by atoms with E-state index < -0.39 is 0 Å². The fourth-order valence-electron chi connectivity index (χ4n) is 6.24. The van der Waals surface area contributed by atoms with Crippen LogP contribution in [-0.2, 0) is 0 Å². The molecule has 0 aliphatic heterocycles. The Bertz CT molecular complexity index is 2300. The number of rotatable bonds is 5. The maximum atomic E-state index is 11.9.